The molecule has 1 aromatic carbocycles. The van der Waals surface area contributed by atoms with Gasteiger partial charge in [0.25, 0.3) is 0 Å². The Morgan fingerprint density at radius 1 is 1.30 bits per heavy atom. The normalized spacial score (nSPS) is 11.8. The van der Waals surface area contributed by atoms with E-state index in [4.69, 9.17) is 16.3 Å². The van der Waals surface area contributed by atoms with Crippen LogP contribution in [-0.4, -0.2) is 34.4 Å². The SMILES string of the molecule is CCCOCCCNCc1c(Cl)cccc1S(C)(=O)=O. The first-order valence-corrected chi connectivity index (χ1v) is 8.99. The molecule has 0 saturated carbocycles. The fourth-order valence-electron chi connectivity index (χ4n) is 1.82. The Labute approximate surface area is 126 Å². The van der Waals surface area contributed by atoms with Gasteiger partial charge in [0, 0.05) is 36.6 Å². The van der Waals surface area contributed by atoms with Gasteiger partial charge in [-0.1, -0.05) is 24.6 Å². The van der Waals surface area contributed by atoms with E-state index in [2.05, 4.69) is 12.2 Å². The molecule has 0 bridgehead atoms. The average molecular weight is 320 g/mol. The monoisotopic (exact) mass is 319 g/mol. The zero-order valence-corrected chi connectivity index (χ0v) is 13.6. The molecular formula is C14H22ClNO3S. The molecule has 0 spiro atoms. The molecule has 114 valence electrons. The van der Waals surface area contributed by atoms with Crippen LogP contribution in [0, 0.1) is 0 Å². The summed E-state index contributed by atoms with van der Waals surface area (Å²) in [5.74, 6) is 0. The summed E-state index contributed by atoms with van der Waals surface area (Å²) in [6, 6.07) is 4.95. The van der Waals surface area contributed by atoms with Crippen LogP contribution in [0.15, 0.2) is 23.1 Å². The minimum absolute atomic E-state index is 0.291. The Hall–Kier alpha value is -0.620. The van der Waals surface area contributed by atoms with E-state index in [1.54, 1.807) is 18.2 Å². The summed E-state index contributed by atoms with van der Waals surface area (Å²) in [6.07, 6.45) is 3.10. The molecule has 0 amide bonds. The first-order valence-electron chi connectivity index (χ1n) is 6.72. The van der Waals surface area contributed by atoms with Crippen LogP contribution in [0.4, 0.5) is 0 Å². The molecule has 0 aliphatic rings. The lowest BCUT2D eigenvalue weighted by Gasteiger charge is -2.11. The summed E-state index contributed by atoms with van der Waals surface area (Å²) in [6.45, 7) is 4.77. The van der Waals surface area contributed by atoms with Crippen molar-refractivity contribution in [1.82, 2.24) is 5.32 Å². The van der Waals surface area contributed by atoms with Crippen LogP contribution >= 0.6 is 11.6 Å². The van der Waals surface area contributed by atoms with E-state index in [9.17, 15) is 8.42 Å². The Balaban J connectivity index is 2.52. The van der Waals surface area contributed by atoms with E-state index in [1.807, 2.05) is 0 Å². The molecule has 0 saturated heterocycles. The Morgan fingerprint density at radius 2 is 2.05 bits per heavy atom. The first kappa shape index (κ1) is 17.4. The van der Waals surface area contributed by atoms with Crippen LogP contribution in [-0.2, 0) is 21.1 Å². The van der Waals surface area contributed by atoms with Crippen molar-refractivity contribution in [2.45, 2.75) is 31.2 Å². The van der Waals surface area contributed by atoms with Crippen molar-refractivity contribution in [2.24, 2.45) is 0 Å². The second kappa shape index (κ2) is 8.62. The van der Waals surface area contributed by atoms with Crippen LogP contribution in [0.25, 0.3) is 0 Å². The largest absolute Gasteiger partial charge is 0.381 e. The predicted molar refractivity (Wildman–Crippen MR) is 82.0 cm³/mol. The third-order valence-corrected chi connectivity index (χ3v) is 4.30. The van der Waals surface area contributed by atoms with Crippen LogP contribution in [0.5, 0.6) is 0 Å². The minimum Gasteiger partial charge on any atom is -0.381 e. The zero-order chi connectivity index (χ0) is 15.0. The summed E-state index contributed by atoms with van der Waals surface area (Å²) in [7, 11) is -3.26. The van der Waals surface area contributed by atoms with Crippen molar-refractivity contribution in [3.05, 3.63) is 28.8 Å². The van der Waals surface area contributed by atoms with E-state index >= 15 is 0 Å². The molecule has 0 atom stereocenters. The average Bonchev–Trinajstić information content (AvgIpc) is 2.38. The molecule has 4 nitrogen and oxygen atoms in total. The standard InChI is InChI=1S/C14H22ClNO3S/c1-3-9-19-10-5-8-16-11-12-13(15)6-4-7-14(12)20(2,17)18/h4,6-7,16H,3,5,8-11H2,1-2H3. The second-order valence-electron chi connectivity index (χ2n) is 4.63. The van der Waals surface area contributed by atoms with Crippen molar-refractivity contribution >= 4 is 21.4 Å². The smallest absolute Gasteiger partial charge is 0.175 e. The van der Waals surface area contributed by atoms with Gasteiger partial charge in [-0.15, -0.1) is 0 Å². The highest BCUT2D eigenvalue weighted by atomic mass is 35.5. The molecule has 20 heavy (non-hydrogen) atoms. The fraction of sp³-hybridized carbons (Fsp3) is 0.571. The Bertz CT molecular complexity index is 517. The molecule has 0 aromatic heterocycles. The summed E-state index contributed by atoms with van der Waals surface area (Å²) in [5.41, 5.74) is 0.631. The van der Waals surface area contributed by atoms with Crippen molar-refractivity contribution in [1.29, 1.82) is 0 Å². The molecule has 1 aromatic rings. The zero-order valence-electron chi connectivity index (χ0n) is 12.0. The number of hydrogen-bond donors (Lipinski definition) is 1. The van der Waals surface area contributed by atoms with Gasteiger partial charge in [-0.3, -0.25) is 0 Å². The van der Waals surface area contributed by atoms with Gasteiger partial charge in [0.1, 0.15) is 0 Å². The van der Waals surface area contributed by atoms with Gasteiger partial charge in [-0.25, -0.2) is 8.42 Å². The third-order valence-electron chi connectivity index (χ3n) is 2.77. The number of nitrogens with one attached hydrogen (secondary N) is 1. The highest BCUT2D eigenvalue weighted by Crippen LogP contribution is 2.23. The van der Waals surface area contributed by atoms with Gasteiger partial charge in [0.15, 0.2) is 9.84 Å². The molecular weight excluding hydrogens is 298 g/mol. The number of ether oxygens (including phenoxy) is 1. The molecule has 0 heterocycles. The van der Waals surface area contributed by atoms with E-state index in [0.717, 1.165) is 26.0 Å². The van der Waals surface area contributed by atoms with E-state index in [1.165, 1.54) is 6.26 Å². The lowest BCUT2D eigenvalue weighted by Crippen LogP contribution is -2.18. The van der Waals surface area contributed by atoms with Crippen molar-refractivity contribution in [3.8, 4) is 0 Å². The Kier molecular flexibility index (Phi) is 7.51. The van der Waals surface area contributed by atoms with E-state index < -0.39 is 9.84 Å². The molecule has 0 fully saturated rings. The first-order chi connectivity index (χ1) is 9.46. The molecule has 1 rings (SSSR count). The van der Waals surface area contributed by atoms with Crippen LogP contribution in [0.2, 0.25) is 5.02 Å². The van der Waals surface area contributed by atoms with Crippen molar-refractivity contribution in [2.75, 3.05) is 26.0 Å². The molecule has 0 aliphatic carbocycles. The Morgan fingerprint density at radius 3 is 2.70 bits per heavy atom. The summed E-state index contributed by atoms with van der Waals surface area (Å²) >= 11 is 6.09. The van der Waals surface area contributed by atoms with Crippen LogP contribution in [0.1, 0.15) is 25.3 Å². The number of hydrogen-bond acceptors (Lipinski definition) is 4. The maximum Gasteiger partial charge on any atom is 0.175 e. The predicted octanol–water partition coefficient (Wildman–Crippen LogP) is 2.65. The molecule has 6 heteroatoms. The second-order valence-corrected chi connectivity index (χ2v) is 7.02. The van der Waals surface area contributed by atoms with Gasteiger partial charge in [-0.2, -0.15) is 0 Å². The highest BCUT2D eigenvalue weighted by molar-refractivity contribution is 7.90. The summed E-state index contributed by atoms with van der Waals surface area (Å²) in [5, 5.41) is 3.68. The quantitative estimate of drug-likeness (QED) is 0.711. The third kappa shape index (κ3) is 5.79. The van der Waals surface area contributed by atoms with Crippen molar-refractivity contribution in [3.63, 3.8) is 0 Å². The fourth-order valence-corrected chi connectivity index (χ4v) is 3.07. The molecule has 0 radical (unpaired) electrons. The van der Waals surface area contributed by atoms with Crippen LogP contribution < -0.4 is 5.32 Å². The summed E-state index contributed by atoms with van der Waals surface area (Å²) in [4.78, 5) is 0.291. The highest BCUT2D eigenvalue weighted by Gasteiger charge is 2.15. The van der Waals surface area contributed by atoms with E-state index in [-0.39, 0.29) is 0 Å². The van der Waals surface area contributed by atoms with Gasteiger partial charge in [-0.05, 0) is 31.5 Å². The number of halogens is 1. The van der Waals surface area contributed by atoms with Crippen molar-refractivity contribution < 1.29 is 13.2 Å². The number of rotatable bonds is 9. The van der Waals surface area contributed by atoms with Gasteiger partial charge < -0.3 is 10.1 Å². The molecule has 1 N–H and O–H groups in total. The summed E-state index contributed by atoms with van der Waals surface area (Å²) < 4.78 is 28.8. The maximum atomic E-state index is 11.7. The number of sulfone groups is 1. The minimum atomic E-state index is -3.26. The lowest BCUT2D eigenvalue weighted by atomic mass is 10.2. The number of benzene rings is 1. The maximum absolute atomic E-state index is 11.7. The topological polar surface area (TPSA) is 55.4 Å². The van der Waals surface area contributed by atoms with Gasteiger partial charge in [0.2, 0.25) is 0 Å². The van der Waals surface area contributed by atoms with E-state index in [0.29, 0.717) is 28.6 Å². The van der Waals surface area contributed by atoms with Crippen LogP contribution in [0.3, 0.4) is 0 Å². The lowest BCUT2D eigenvalue weighted by molar-refractivity contribution is 0.132. The molecule has 0 aliphatic heterocycles. The van der Waals surface area contributed by atoms with Gasteiger partial charge in [0.05, 0.1) is 4.90 Å². The van der Waals surface area contributed by atoms with Gasteiger partial charge >= 0.3 is 0 Å². The molecule has 0 unspecified atom stereocenters.